The van der Waals surface area contributed by atoms with Gasteiger partial charge < -0.3 is 16.6 Å². The van der Waals surface area contributed by atoms with E-state index in [2.05, 4.69) is 25.8 Å². The van der Waals surface area contributed by atoms with Crippen molar-refractivity contribution in [3.8, 4) is 16.6 Å². The number of hydrazone groups is 1. The van der Waals surface area contributed by atoms with E-state index in [9.17, 15) is 4.79 Å². The van der Waals surface area contributed by atoms with Gasteiger partial charge in [-0.15, -0.1) is 11.3 Å². The summed E-state index contributed by atoms with van der Waals surface area (Å²) in [6.07, 6.45) is 6.20. The molecular weight excluding hydrogens is 364 g/mol. The van der Waals surface area contributed by atoms with Gasteiger partial charge in [0.15, 0.2) is 0 Å². The number of nitriles is 1. The molecule has 0 amide bonds. The van der Waals surface area contributed by atoms with Crippen molar-refractivity contribution in [3.63, 3.8) is 0 Å². The molecule has 10 heteroatoms. The summed E-state index contributed by atoms with van der Waals surface area (Å²) in [6, 6.07) is 5.55. The molecule has 0 radical (unpaired) electrons. The first-order valence-corrected chi connectivity index (χ1v) is 9.53. The SMILES string of the molecule is CNc1nc(-c2cccs2)c(C#N)c(=O)[nH]1.N/N=C(\NN)C1CCCCC1. The van der Waals surface area contributed by atoms with E-state index in [1.165, 1.54) is 43.4 Å². The minimum absolute atomic E-state index is 0.0430. The van der Waals surface area contributed by atoms with Gasteiger partial charge in [0.05, 0.1) is 4.88 Å². The summed E-state index contributed by atoms with van der Waals surface area (Å²) in [5, 5.41) is 17.2. The molecule has 9 nitrogen and oxygen atoms in total. The standard InChI is InChI=1S/C10H8N4OS.C7H16N4/c1-12-10-13-8(7-3-2-4-16-7)6(5-11)9(15)14-10;8-10-7(11-9)6-4-2-1-3-5-6/h2-4H,1H3,(H2,12,13,14,15);6H,1-5,8-9H2,(H,10,11). The van der Waals surface area contributed by atoms with Crippen molar-refractivity contribution in [2.45, 2.75) is 32.1 Å². The number of hydrogen-bond acceptors (Lipinski definition) is 8. The number of aromatic amines is 1. The molecule has 2 heterocycles. The van der Waals surface area contributed by atoms with Gasteiger partial charge in [-0.25, -0.2) is 10.8 Å². The number of aromatic nitrogens is 2. The van der Waals surface area contributed by atoms with Gasteiger partial charge in [-0.1, -0.05) is 25.3 Å². The van der Waals surface area contributed by atoms with Gasteiger partial charge in [0.1, 0.15) is 23.2 Å². The summed E-state index contributed by atoms with van der Waals surface area (Å²) < 4.78 is 0. The maximum Gasteiger partial charge on any atom is 0.270 e. The van der Waals surface area contributed by atoms with Crippen molar-refractivity contribution in [2.24, 2.45) is 22.7 Å². The van der Waals surface area contributed by atoms with Gasteiger partial charge >= 0.3 is 0 Å². The first kappa shape index (κ1) is 20.4. The number of H-pyrrole nitrogens is 1. The maximum absolute atomic E-state index is 11.6. The average molecular weight is 389 g/mol. The number of anilines is 1. The van der Waals surface area contributed by atoms with E-state index in [0.717, 1.165) is 10.7 Å². The first-order valence-electron chi connectivity index (χ1n) is 8.65. The molecular formula is C17H24N8OS. The molecule has 27 heavy (non-hydrogen) atoms. The molecule has 2 aromatic rings. The molecule has 0 saturated heterocycles. The number of thiophene rings is 1. The zero-order chi connectivity index (χ0) is 19.6. The molecule has 1 saturated carbocycles. The fraction of sp³-hybridized carbons (Fsp3) is 0.412. The number of hydrogen-bond donors (Lipinski definition) is 5. The van der Waals surface area contributed by atoms with E-state index in [-0.39, 0.29) is 5.56 Å². The highest BCUT2D eigenvalue weighted by atomic mass is 32.1. The third kappa shape index (κ3) is 5.29. The lowest BCUT2D eigenvalue weighted by Crippen LogP contribution is -2.37. The van der Waals surface area contributed by atoms with Gasteiger partial charge in [0.2, 0.25) is 5.95 Å². The van der Waals surface area contributed by atoms with Gasteiger partial charge in [-0.3, -0.25) is 9.78 Å². The smallest absolute Gasteiger partial charge is 0.270 e. The largest absolute Gasteiger partial charge is 0.359 e. The average Bonchev–Trinajstić information content (AvgIpc) is 3.24. The van der Waals surface area contributed by atoms with Crippen LogP contribution in [-0.4, -0.2) is 22.9 Å². The summed E-state index contributed by atoms with van der Waals surface area (Å²) >= 11 is 1.44. The molecule has 0 atom stereocenters. The first-order chi connectivity index (χ1) is 13.1. The Morgan fingerprint density at radius 2 is 2.19 bits per heavy atom. The van der Waals surface area contributed by atoms with E-state index >= 15 is 0 Å². The van der Waals surface area contributed by atoms with Crippen LogP contribution >= 0.6 is 11.3 Å². The lowest BCUT2D eigenvalue weighted by Gasteiger charge is -2.21. The Labute approximate surface area is 161 Å². The normalized spacial score (nSPS) is 14.6. The predicted molar refractivity (Wildman–Crippen MR) is 108 cm³/mol. The van der Waals surface area contributed by atoms with Gasteiger partial charge in [-0.2, -0.15) is 10.4 Å². The van der Waals surface area contributed by atoms with E-state index in [4.69, 9.17) is 16.9 Å². The summed E-state index contributed by atoms with van der Waals surface area (Å²) in [5.74, 6) is 12.0. The number of nitrogens with zero attached hydrogens (tertiary/aromatic N) is 3. The molecule has 3 rings (SSSR count). The van der Waals surface area contributed by atoms with E-state index < -0.39 is 5.56 Å². The number of nitrogens with two attached hydrogens (primary N) is 2. The van der Waals surface area contributed by atoms with Crippen LogP contribution in [0, 0.1) is 17.2 Å². The highest BCUT2D eigenvalue weighted by Crippen LogP contribution is 2.25. The van der Waals surface area contributed by atoms with Gasteiger partial charge in [-0.05, 0) is 24.3 Å². The number of hydrazine groups is 1. The highest BCUT2D eigenvalue weighted by molar-refractivity contribution is 7.13. The molecule has 1 aliphatic carbocycles. The van der Waals surface area contributed by atoms with Crippen molar-refractivity contribution < 1.29 is 0 Å². The van der Waals surface area contributed by atoms with Crippen LogP contribution in [0.1, 0.15) is 37.7 Å². The highest BCUT2D eigenvalue weighted by Gasteiger charge is 2.18. The Bertz CT molecular complexity index is 847. The topological polar surface area (TPSA) is 158 Å². The van der Waals surface area contributed by atoms with E-state index in [1.807, 2.05) is 23.6 Å². The fourth-order valence-electron chi connectivity index (χ4n) is 2.92. The van der Waals surface area contributed by atoms with Crippen LogP contribution in [0.25, 0.3) is 10.6 Å². The molecule has 0 aromatic carbocycles. The third-order valence-electron chi connectivity index (χ3n) is 4.30. The van der Waals surface area contributed by atoms with Crippen molar-refractivity contribution in [1.29, 1.82) is 5.26 Å². The van der Waals surface area contributed by atoms with Crippen LogP contribution < -0.4 is 28.0 Å². The second-order valence-electron chi connectivity index (χ2n) is 5.97. The van der Waals surface area contributed by atoms with Gasteiger partial charge in [0, 0.05) is 13.0 Å². The van der Waals surface area contributed by atoms with E-state index in [0.29, 0.717) is 17.6 Å². The summed E-state index contributed by atoms with van der Waals surface area (Å²) in [4.78, 5) is 19.1. The Balaban J connectivity index is 0.000000208. The van der Waals surface area contributed by atoms with Crippen LogP contribution in [0.3, 0.4) is 0 Å². The minimum Gasteiger partial charge on any atom is -0.359 e. The van der Waals surface area contributed by atoms with Gasteiger partial charge in [0.25, 0.3) is 5.56 Å². The fourth-order valence-corrected chi connectivity index (χ4v) is 3.64. The number of amidine groups is 1. The zero-order valence-corrected chi connectivity index (χ0v) is 16.0. The predicted octanol–water partition coefficient (Wildman–Crippen LogP) is 1.71. The molecule has 1 fully saturated rings. The number of rotatable bonds is 3. The second-order valence-corrected chi connectivity index (χ2v) is 6.92. The summed E-state index contributed by atoms with van der Waals surface area (Å²) in [7, 11) is 1.66. The van der Waals surface area contributed by atoms with Crippen molar-refractivity contribution in [1.82, 2.24) is 15.4 Å². The van der Waals surface area contributed by atoms with Crippen LogP contribution in [-0.2, 0) is 0 Å². The monoisotopic (exact) mass is 388 g/mol. The molecule has 1 aliphatic rings. The summed E-state index contributed by atoms with van der Waals surface area (Å²) in [6.45, 7) is 0. The lowest BCUT2D eigenvalue weighted by atomic mass is 9.88. The molecule has 7 N–H and O–H groups in total. The van der Waals surface area contributed by atoms with E-state index in [1.54, 1.807) is 7.05 Å². The van der Waals surface area contributed by atoms with Crippen molar-refractivity contribution in [3.05, 3.63) is 33.4 Å². The van der Waals surface area contributed by atoms with Crippen LogP contribution in [0.15, 0.2) is 27.4 Å². The molecule has 2 aromatic heterocycles. The van der Waals surface area contributed by atoms with Crippen molar-refractivity contribution >= 4 is 23.1 Å². The maximum atomic E-state index is 11.6. The Morgan fingerprint density at radius 3 is 2.70 bits per heavy atom. The molecule has 144 valence electrons. The van der Waals surface area contributed by atoms with Crippen LogP contribution in [0.2, 0.25) is 0 Å². The molecule has 0 spiro atoms. The Morgan fingerprint density at radius 1 is 1.44 bits per heavy atom. The molecule has 0 aliphatic heterocycles. The quantitative estimate of drug-likeness (QED) is 0.232. The zero-order valence-electron chi connectivity index (χ0n) is 15.2. The van der Waals surface area contributed by atoms with Crippen molar-refractivity contribution in [2.75, 3.05) is 12.4 Å². The Kier molecular flexibility index (Phi) is 7.79. The molecule has 0 unspecified atom stereocenters. The lowest BCUT2D eigenvalue weighted by molar-refractivity contribution is 0.431. The van der Waals surface area contributed by atoms with Crippen LogP contribution in [0.4, 0.5) is 5.95 Å². The Hall–Kier alpha value is -2.90. The second kappa shape index (κ2) is 10.3. The summed E-state index contributed by atoms with van der Waals surface area (Å²) in [5.41, 5.74) is 2.59. The van der Waals surface area contributed by atoms with Crippen LogP contribution in [0.5, 0.6) is 0 Å². The minimum atomic E-state index is -0.426. The number of nitrogens with one attached hydrogen (secondary N) is 3. The third-order valence-corrected chi connectivity index (χ3v) is 5.18. The molecule has 0 bridgehead atoms.